The van der Waals surface area contributed by atoms with Gasteiger partial charge >= 0.3 is 0 Å². The van der Waals surface area contributed by atoms with Gasteiger partial charge in [0.2, 0.25) is 5.78 Å². The topological polar surface area (TPSA) is 53.4 Å². The van der Waals surface area contributed by atoms with Crippen molar-refractivity contribution < 1.29 is 14.3 Å². The van der Waals surface area contributed by atoms with Crippen LogP contribution in [0.15, 0.2) is 24.3 Å². The number of hydrogen-bond acceptors (Lipinski definition) is 4. The summed E-state index contributed by atoms with van der Waals surface area (Å²) in [6, 6.07) is 7.14. The van der Waals surface area contributed by atoms with Gasteiger partial charge in [-0.25, -0.2) is 0 Å². The zero-order chi connectivity index (χ0) is 14.8. The third kappa shape index (κ3) is 2.63. The van der Waals surface area contributed by atoms with E-state index in [2.05, 4.69) is 5.10 Å². The maximum absolute atomic E-state index is 12.7. The van der Waals surface area contributed by atoms with E-state index in [9.17, 15) is 4.79 Å². The lowest BCUT2D eigenvalue weighted by Crippen LogP contribution is -2.10. The first kappa shape index (κ1) is 13.7. The lowest BCUT2D eigenvalue weighted by molar-refractivity contribution is 0.102. The molecule has 0 spiro atoms. The zero-order valence-corrected chi connectivity index (χ0v) is 12.3. The molecule has 3 rings (SSSR count). The molecule has 0 fully saturated rings. The number of rotatable bonds is 3. The lowest BCUT2D eigenvalue weighted by Gasteiger charge is -2.09. The number of aryl methyl sites for hydroxylation is 2. The summed E-state index contributed by atoms with van der Waals surface area (Å²) in [6.07, 6.45) is 0.847. The second kappa shape index (κ2) is 5.60. The van der Waals surface area contributed by atoms with E-state index in [1.165, 1.54) is 0 Å². The summed E-state index contributed by atoms with van der Waals surface area (Å²) < 4.78 is 12.9. The normalized spacial score (nSPS) is 13.8. The first-order valence-corrected chi connectivity index (χ1v) is 7.18. The van der Waals surface area contributed by atoms with Crippen molar-refractivity contribution in [2.45, 2.75) is 26.8 Å². The Labute approximate surface area is 123 Å². The van der Waals surface area contributed by atoms with Crippen LogP contribution < -0.4 is 9.47 Å². The minimum Gasteiger partial charge on any atom is -0.490 e. The van der Waals surface area contributed by atoms with E-state index in [0.29, 0.717) is 42.5 Å². The molecule has 21 heavy (non-hydrogen) atoms. The molecule has 0 atom stereocenters. The second-order valence-corrected chi connectivity index (χ2v) is 5.03. The third-order valence-electron chi connectivity index (χ3n) is 3.44. The number of aromatic nitrogens is 2. The number of nitrogens with zero attached hydrogens (tertiary/aromatic N) is 2. The van der Waals surface area contributed by atoms with Crippen LogP contribution in [0, 0.1) is 6.92 Å². The Morgan fingerprint density at radius 2 is 2.00 bits per heavy atom. The van der Waals surface area contributed by atoms with Gasteiger partial charge in [0.15, 0.2) is 11.5 Å². The van der Waals surface area contributed by atoms with Crippen LogP contribution in [0.1, 0.15) is 35.1 Å². The van der Waals surface area contributed by atoms with Gasteiger partial charge in [-0.3, -0.25) is 9.48 Å². The average molecular weight is 286 g/mol. The molecular weight excluding hydrogens is 268 g/mol. The van der Waals surface area contributed by atoms with E-state index < -0.39 is 0 Å². The molecule has 0 saturated heterocycles. The summed E-state index contributed by atoms with van der Waals surface area (Å²) in [7, 11) is 0. The molecule has 0 bridgehead atoms. The second-order valence-electron chi connectivity index (χ2n) is 5.03. The first-order valence-electron chi connectivity index (χ1n) is 7.18. The minimum atomic E-state index is -0.0481. The highest BCUT2D eigenvalue weighted by atomic mass is 16.5. The quantitative estimate of drug-likeness (QED) is 0.814. The number of ketones is 1. The summed E-state index contributed by atoms with van der Waals surface area (Å²) in [4.78, 5) is 12.7. The van der Waals surface area contributed by atoms with Gasteiger partial charge in [-0.05, 0) is 38.1 Å². The fourth-order valence-corrected chi connectivity index (χ4v) is 2.42. The SMILES string of the molecule is CCn1nc(C)cc1C(=O)c1ccc2c(c1)OCCCO2. The highest BCUT2D eigenvalue weighted by Gasteiger charge is 2.18. The van der Waals surface area contributed by atoms with E-state index in [4.69, 9.17) is 9.47 Å². The molecule has 1 aliphatic heterocycles. The van der Waals surface area contributed by atoms with Crippen molar-refractivity contribution in [2.24, 2.45) is 0 Å². The third-order valence-corrected chi connectivity index (χ3v) is 3.44. The first-order chi connectivity index (χ1) is 10.2. The Hall–Kier alpha value is -2.30. The van der Waals surface area contributed by atoms with Crippen LogP contribution in [0.5, 0.6) is 11.5 Å². The fourth-order valence-electron chi connectivity index (χ4n) is 2.42. The molecule has 1 aromatic heterocycles. The summed E-state index contributed by atoms with van der Waals surface area (Å²) in [5.41, 5.74) is 2.04. The fraction of sp³-hybridized carbons (Fsp3) is 0.375. The van der Waals surface area contributed by atoms with Gasteiger partial charge < -0.3 is 9.47 Å². The molecule has 0 unspecified atom stereocenters. The number of fused-ring (bicyclic) bond motifs is 1. The Bertz CT molecular complexity index is 676. The number of carbonyl (C=O) groups excluding carboxylic acids is 1. The molecule has 0 radical (unpaired) electrons. The van der Waals surface area contributed by atoms with E-state index in [0.717, 1.165) is 12.1 Å². The summed E-state index contributed by atoms with van der Waals surface area (Å²) in [6.45, 7) is 5.77. The van der Waals surface area contributed by atoms with Crippen molar-refractivity contribution in [1.29, 1.82) is 0 Å². The molecule has 110 valence electrons. The van der Waals surface area contributed by atoms with Crippen LogP contribution in [0.2, 0.25) is 0 Å². The molecular formula is C16H18N2O3. The molecule has 0 amide bonds. The zero-order valence-electron chi connectivity index (χ0n) is 12.3. The molecule has 1 aromatic carbocycles. The van der Waals surface area contributed by atoms with Crippen molar-refractivity contribution in [3.63, 3.8) is 0 Å². The van der Waals surface area contributed by atoms with Crippen LogP contribution in [0.25, 0.3) is 0 Å². The average Bonchev–Trinajstić information content (AvgIpc) is 2.72. The van der Waals surface area contributed by atoms with Crippen LogP contribution in [-0.2, 0) is 6.54 Å². The monoisotopic (exact) mass is 286 g/mol. The highest BCUT2D eigenvalue weighted by Crippen LogP contribution is 2.31. The maximum Gasteiger partial charge on any atom is 0.211 e. The summed E-state index contributed by atoms with van der Waals surface area (Å²) in [5.74, 6) is 1.29. The number of hydrogen-bond donors (Lipinski definition) is 0. The molecule has 2 heterocycles. The van der Waals surface area contributed by atoms with Crippen LogP contribution in [0.4, 0.5) is 0 Å². The molecule has 0 N–H and O–H groups in total. The van der Waals surface area contributed by atoms with Gasteiger partial charge in [0, 0.05) is 18.5 Å². The molecule has 2 aromatic rings. The molecule has 5 nitrogen and oxygen atoms in total. The van der Waals surface area contributed by atoms with Gasteiger partial charge in [0.1, 0.15) is 5.69 Å². The van der Waals surface area contributed by atoms with Gasteiger partial charge in [0.25, 0.3) is 0 Å². The van der Waals surface area contributed by atoms with Gasteiger partial charge in [-0.15, -0.1) is 0 Å². The van der Waals surface area contributed by atoms with E-state index >= 15 is 0 Å². The van der Waals surface area contributed by atoms with E-state index in [-0.39, 0.29) is 5.78 Å². The standard InChI is InChI=1S/C16H18N2O3/c1-3-18-13(9-11(2)17-18)16(19)12-5-6-14-15(10-12)21-8-4-7-20-14/h5-6,9-10H,3-4,7-8H2,1-2H3. The summed E-state index contributed by atoms with van der Waals surface area (Å²) in [5, 5.41) is 4.32. The number of benzene rings is 1. The Morgan fingerprint density at radius 3 is 2.76 bits per heavy atom. The van der Waals surface area contributed by atoms with Gasteiger partial charge in [-0.2, -0.15) is 5.10 Å². The van der Waals surface area contributed by atoms with E-state index in [1.807, 2.05) is 19.9 Å². The Kier molecular flexibility index (Phi) is 3.64. The smallest absolute Gasteiger partial charge is 0.211 e. The predicted molar refractivity (Wildman–Crippen MR) is 78.1 cm³/mol. The number of ether oxygens (including phenoxy) is 2. The predicted octanol–water partition coefficient (Wildman–Crippen LogP) is 2.60. The largest absolute Gasteiger partial charge is 0.490 e. The lowest BCUT2D eigenvalue weighted by atomic mass is 10.1. The van der Waals surface area contributed by atoms with Crippen molar-refractivity contribution >= 4 is 5.78 Å². The minimum absolute atomic E-state index is 0.0481. The molecule has 0 saturated carbocycles. The van der Waals surface area contributed by atoms with E-state index in [1.54, 1.807) is 22.9 Å². The van der Waals surface area contributed by atoms with Crippen molar-refractivity contribution in [2.75, 3.05) is 13.2 Å². The Balaban J connectivity index is 1.96. The van der Waals surface area contributed by atoms with Crippen LogP contribution in [-0.4, -0.2) is 28.8 Å². The molecule has 0 aliphatic carbocycles. The van der Waals surface area contributed by atoms with Gasteiger partial charge in [-0.1, -0.05) is 0 Å². The highest BCUT2D eigenvalue weighted by molar-refractivity contribution is 6.08. The number of carbonyl (C=O) groups is 1. The summed E-state index contributed by atoms with van der Waals surface area (Å²) >= 11 is 0. The van der Waals surface area contributed by atoms with Crippen LogP contribution in [0.3, 0.4) is 0 Å². The van der Waals surface area contributed by atoms with Gasteiger partial charge in [0.05, 0.1) is 18.9 Å². The van der Waals surface area contributed by atoms with Crippen LogP contribution >= 0.6 is 0 Å². The molecule has 5 heteroatoms. The van der Waals surface area contributed by atoms with Crippen molar-refractivity contribution in [3.05, 3.63) is 41.2 Å². The van der Waals surface area contributed by atoms with Crippen molar-refractivity contribution in [3.8, 4) is 11.5 Å². The molecule has 1 aliphatic rings. The maximum atomic E-state index is 12.7. The van der Waals surface area contributed by atoms with Crippen molar-refractivity contribution in [1.82, 2.24) is 9.78 Å². The Morgan fingerprint density at radius 1 is 1.24 bits per heavy atom.